The molecule has 1 fully saturated rings. The molecule has 0 unspecified atom stereocenters. The molecule has 0 heterocycles. The van der Waals surface area contributed by atoms with E-state index in [4.69, 9.17) is 2.74 Å². The van der Waals surface area contributed by atoms with Gasteiger partial charge in [-0.15, -0.1) is 0 Å². The van der Waals surface area contributed by atoms with Crippen molar-refractivity contribution in [2.45, 2.75) is 12.8 Å². The van der Waals surface area contributed by atoms with Crippen LogP contribution >= 0.6 is 0 Å². The van der Waals surface area contributed by atoms with Crippen LogP contribution in [-0.2, 0) is 0 Å². The Balaban J connectivity index is 2.15. The number of allylic oxidation sites excluding steroid dienone is 2. The van der Waals surface area contributed by atoms with Gasteiger partial charge in [0.05, 0.1) is 0 Å². The SMILES string of the molecule is [2H][C@@H]1[C@H]([2H])[C@@H]2C=C[C@H]12. The molecule has 0 aromatic heterocycles. The minimum atomic E-state index is -0.106. The van der Waals surface area contributed by atoms with Crippen LogP contribution in [0.3, 0.4) is 0 Å². The first-order chi connectivity index (χ1) is 3.80. The van der Waals surface area contributed by atoms with Crippen LogP contribution in [0, 0.1) is 11.8 Å². The topological polar surface area (TPSA) is 0 Å². The Morgan fingerprint density at radius 3 is 2.00 bits per heavy atom. The van der Waals surface area contributed by atoms with Crippen molar-refractivity contribution in [3.05, 3.63) is 12.2 Å². The third-order valence-electron chi connectivity index (χ3n) is 1.56. The van der Waals surface area contributed by atoms with E-state index >= 15 is 0 Å². The van der Waals surface area contributed by atoms with Crippen molar-refractivity contribution in [2.75, 3.05) is 0 Å². The Hall–Kier alpha value is -0.260. The molecule has 6 heavy (non-hydrogen) atoms. The summed E-state index contributed by atoms with van der Waals surface area (Å²) < 4.78 is 14.5. The Bertz CT molecular complexity index is 125. The average Bonchev–Trinajstić information content (AvgIpc) is 1.64. The highest BCUT2D eigenvalue weighted by atomic mass is 14.4. The molecule has 0 saturated heterocycles. The summed E-state index contributed by atoms with van der Waals surface area (Å²) in [4.78, 5) is 0. The van der Waals surface area contributed by atoms with Gasteiger partial charge in [0.25, 0.3) is 0 Å². The van der Waals surface area contributed by atoms with Crippen LogP contribution in [0.4, 0.5) is 0 Å². The summed E-state index contributed by atoms with van der Waals surface area (Å²) in [5.41, 5.74) is 0. The molecule has 2 rings (SSSR count). The Morgan fingerprint density at radius 1 is 1.33 bits per heavy atom. The van der Waals surface area contributed by atoms with Crippen molar-refractivity contribution < 1.29 is 2.74 Å². The van der Waals surface area contributed by atoms with Gasteiger partial charge in [-0.2, -0.15) is 0 Å². The molecule has 0 nitrogen and oxygen atoms in total. The van der Waals surface area contributed by atoms with Crippen LogP contribution in [-0.4, -0.2) is 0 Å². The maximum atomic E-state index is 7.27. The van der Waals surface area contributed by atoms with Crippen molar-refractivity contribution in [1.29, 1.82) is 0 Å². The lowest BCUT2D eigenvalue weighted by molar-refractivity contribution is 0.248. The van der Waals surface area contributed by atoms with E-state index in [9.17, 15) is 0 Å². The monoisotopic (exact) mass is 82.1 g/mol. The van der Waals surface area contributed by atoms with E-state index in [1.54, 1.807) is 0 Å². The second kappa shape index (κ2) is 0.699. The fourth-order valence-electron chi connectivity index (χ4n) is 0.864. The molecule has 2 aliphatic carbocycles. The summed E-state index contributed by atoms with van der Waals surface area (Å²) in [6.07, 6.45) is 3.88. The van der Waals surface area contributed by atoms with E-state index in [2.05, 4.69) is 0 Å². The van der Waals surface area contributed by atoms with Crippen molar-refractivity contribution in [1.82, 2.24) is 0 Å². The average molecular weight is 82.1 g/mol. The molecule has 1 saturated carbocycles. The van der Waals surface area contributed by atoms with Gasteiger partial charge in [0.15, 0.2) is 0 Å². The molecule has 32 valence electrons. The first-order valence-electron chi connectivity index (χ1n) is 3.49. The molecule has 0 amide bonds. The fraction of sp³-hybridized carbons (Fsp3) is 0.667. The van der Waals surface area contributed by atoms with Gasteiger partial charge in [0, 0.05) is 2.74 Å². The van der Waals surface area contributed by atoms with Crippen LogP contribution in [0.25, 0.3) is 0 Å². The quantitative estimate of drug-likeness (QED) is 0.389. The largest absolute Gasteiger partial charge is 0.0845 e. The summed E-state index contributed by atoms with van der Waals surface area (Å²) >= 11 is 0. The summed E-state index contributed by atoms with van der Waals surface area (Å²) in [5.74, 6) is 0.912. The molecule has 0 aromatic carbocycles. The first kappa shape index (κ1) is 1.69. The van der Waals surface area contributed by atoms with Crippen molar-refractivity contribution in [3.8, 4) is 0 Å². The molecule has 0 aliphatic heterocycles. The highest BCUT2D eigenvalue weighted by Gasteiger charge is 2.31. The molecule has 2 aliphatic rings. The zero-order chi connectivity index (χ0) is 5.72. The number of rotatable bonds is 0. The molecule has 0 heteroatoms. The zero-order valence-electron chi connectivity index (χ0n) is 5.46. The van der Waals surface area contributed by atoms with E-state index in [1.165, 1.54) is 0 Å². The molecular formula is C6H8. The van der Waals surface area contributed by atoms with E-state index in [-0.39, 0.29) is 12.8 Å². The van der Waals surface area contributed by atoms with Crippen LogP contribution < -0.4 is 0 Å². The third kappa shape index (κ3) is 0.149. The zero-order valence-corrected chi connectivity index (χ0v) is 3.46. The minimum absolute atomic E-state index is 0.106. The lowest BCUT2D eigenvalue weighted by Gasteiger charge is -2.39. The Morgan fingerprint density at radius 2 is 1.83 bits per heavy atom. The lowest BCUT2D eigenvalue weighted by Crippen LogP contribution is -2.28. The Kier molecular flexibility index (Phi) is 0.197. The summed E-state index contributed by atoms with van der Waals surface area (Å²) in [7, 11) is 0. The predicted octanol–water partition coefficient (Wildman–Crippen LogP) is 1.58. The van der Waals surface area contributed by atoms with Gasteiger partial charge in [-0.3, -0.25) is 0 Å². The van der Waals surface area contributed by atoms with Gasteiger partial charge >= 0.3 is 0 Å². The molecule has 0 spiro atoms. The van der Waals surface area contributed by atoms with Gasteiger partial charge in [0.1, 0.15) is 0 Å². The molecule has 4 atom stereocenters. The van der Waals surface area contributed by atoms with Gasteiger partial charge in [-0.05, 0) is 24.6 Å². The third-order valence-corrected chi connectivity index (χ3v) is 1.56. The van der Waals surface area contributed by atoms with Crippen LogP contribution in [0.1, 0.15) is 15.5 Å². The second-order valence-electron chi connectivity index (χ2n) is 1.92. The summed E-state index contributed by atoms with van der Waals surface area (Å²) in [6, 6.07) is 0. The van der Waals surface area contributed by atoms with E-state index in [1.807, 2.05) is 12.2 Å². The summed E-state index contributed by atoms with van der Waals surface area (Å²) in [5, 5.41) is 0. The van der Waals surface area contributed by atoms with Gasteiger partial charge in [-0.1, -0.05) is 12.2 Å². The number of fused-ring (bicyclic) bond motifs is 1. The molecule has 0 aromatic rings. The normalized spacial score (nSPS) is 78.7. The standard InChI is InChI=1S/C6H8/c1-2-6-4-3-5(1)6/h1-2,5-6H,3-4H2/t5-,6+/i3D,4D/t3-,4+,5-,6+. The van der Waals surface area contributed by atoms with Crippen LogP contribution in [0.15, 0.2) is 12.2 Å². The predicted molar refractivity (Wildman–Crippen MR) is 25.4 cm³/mol. The van der Waals surface area contributed by atoms with Crippen molar-refractivity contribution >= 4 is 0 Å². The van der Waals surface area contributed by atoms with Gasteiger partial charge < -0.3 is 0 Å². The molecule has 0 N–H and O–H groups in total. The van der Waals surface area contributed by atoms with Crippen LogP contribution in [0.5, 0.6) is 0 Å². The highest BCUT2D eigenvalue weighted by molar-refractivity contribution is 5.14. The molecule has 0 radical (unpaired) electrons. The maximum Gasteiger partial charge on any atom is 0.0273 e. The first-order valence-corrected chi connectivity index (χ1v) is 2.33. The van der Waals surface area contributed by atoms with Gasteiger partial charge in [0.2, 0.25) is 0 Å². The fourth-order valence-corrected chi connectivity index (χ4v) is 0.864. The number of hydrogen-bond donors (Lipinski definition) is 0. The van der Waals surface area contributed by atoms with E-state index in [0.717, 1.165) is 0 Å². The molecule has 0 bridgehead atoms. The minimum Gasteiger partial charge on any atom is -0.0845 e. The summed E-state index contributed by atoms with van der Waals surface area (Å²) in [6.45, 7) is 0. The van der Waals surface area contributed by atoms with E-state index < -0.39 is 0 Å². The van der Waals surface area contributed by atoms with Crippen molar-refractivity contribution in [3.63, 3.8) is 0 Å². The number of hydrogen-bond acceptors (Lipinski definition) is 0. The lowest BCUT2D eigenvalue weighted by atomic mass is 9.66. The molecular weight excluding hydrogens is 72.1 g/mol. The Labute approximate surface area is 40.7 Å². The highest BCUT2D eigenvalue weighted by Crippen LogP contribution is 2.43. The van der Waals surface area contributed by atoms with Crippen molar-refractivity contribution in [2.24, 2.45) is 11.8 Å². The smallest absolute Gasteiger partial charge is 0.0273 e. The maximum absolute atomic E-state index is 7.27. The van der Waals surface area contributed by atoms with Crippen LogP contribution in [0.2, 0.25) is 0 Å². The second-order valence-corrected chi connectivity index (χ2v) is 1.92. The van der Waals surface area contributed by atoms with Gasteiger partial charge in [-0.25, -0.2) is 0 Å². The van der Waals surface area contributed by atoms with E-state index in [0.29, 0.717) is 11.8 Å².